The summed E-state index contributed by atoms with van der Waals surface area (Å²) in [7, 11) is -6.14. The van der Waals surface area contributed by atoms with Gasteiger partial charge < -0.3 is 14.0 Å². The van der Waals surface area contributed by atoms with Crippen LogP contribution in [0, 0.1) is 0 Å². The monoisotopic (exact) mass is 885 g/mol. The fraction of sp³-hybridized carbons (Fsp3) is 0.131. The van der Waals surface area contributed by atoms with Gasteiger partial charge in [0.15, 0.2) is 8.07 Å². The molecular formula is C61H50N4Si. The highest BCUT2D eigenvalue weighted by Gasteiger charge is 2.57. The average Bonchev–Trinajstić information content (AvgIpc) is 0.954. The molecule has 1 aliphatic carbocycles. The van der Waals surface area contributed by atoms with Crippen molar-refractivity contribution in [1.82, 2.24) is 14.1 Å². The zero-order valence-corrected chi connectivity index (χ0v) is 36.9. The lowest BCUT2D eigenvalue weighted by Gasteiger charge is -2.50. The van der Waals surface area contributed by atoms with Crippen LogP contribution in [0.15, 0.2) is 218 Å². The van der Waals surface area contributed by atoms with Gasteiger partial charge in [-0.15, -0.1) is 0 Å². The molecule has 0 amide bonds. The molecule has 0 radical (unpaired) electrons. The molecule has 3 aromatic heterocycles. The molecule has 1 fully saturated rings. The molecule has 11 aromatic rings. The first-order valence-electron chi connectivity index (χ1n) is 31.5. The fourth-order valence-electron chi connectivity index (χ4n) is 11.4. The number of pyridine rings is 1. The van der Waals surface area contributed by atoms with Crippen LogP contribution < -0.4 is 25.6 Å². The number of benzene rings is 8. The summed E-state index contributed by atoms with van der Waals surface area (Å²) in [6.45, 7) is 4.56. The third kappa shape index (κ3) is 5.41. The molecule has 0 spiro atoms. The Kier molecular flexibility index (Phi) is 5.41. The summed E-state index contributed by atoms with van der Waals surface area (Å²) < 4.78 is 183. The van der Waals surface area contributed by atoms with Crippen LogP contribution in [-0.4, -0.2) is 27.7 Å². The van der Waals surface area contributed by atoms with Crippen molar-refractivity contribution in [2.75, 3.05) is 4.90 Å². The molecule has 8 aromatic carbocycles. The number of anilines is 2. The molecule has 66 heavy (non-hydrogen) atoms. The van der Waals surface area contributed by atoms with Crippen LogP contribution in [0.4, 0.5) is 11.4 Å². The lowest BCUT2D eigenvalue weighted by Crippen LogP contribution is -2.74. The Morgan fingerprint density at radius 2 is 1.02 bits per heavy atom. The van der Waals surface area contributed by atoms with Crippen molar-refractivity contribution in [3.8, 4) is 11.4 Å². The van der Waals surface area contributed by atoms with Gasteiger partial charge in [0.25, 0.3) is 0 Å². The normalized spacial score (nSPS) is 22.3. The van der Waals surface area contributed by atoms with E-state index in [4.69, 9.17) is 12.3 Å². The van der Waals surface area contributed by atoms with Crippen molar-refractivity contribution in [1.29, 1.82) is 0 Å². The molecule has 318 valence electrons. The Balaban J connectivity index is 1.23. The quantitative estimate of drug-likeness (QED) is 0.118. The summed E-state index contributed by atoms with van der Waals surface area (Å²) in [6, 6.07) is 10.5. The Morgan fingerprint density at radius 3 is 1.64 bits per heavy atom. The van der Waals surface area contributed by atoms with Crippen molar-refractivity contribution in [3.63, 3.8) is 0 Å². The van der Waals surface area contributed by atoms with Crippen LogP contribution in [0.5, 0.6) is 0 Å². The maximum absolute atomic E-state index is 10.8. The number of fused-ring (bicyclic) bond motifs is 9. The maximum atomic E-state index is 10.8. The van der Waals surface area contributed by atoms with Gasteiger partial charge in [0, 0.05) is 67.7 Å². The van der Waals surface area contributed by atoms with Gasteiger partial charge in [-0.3, -0.25) is 4.98 Å². The number of hydrogen-bond acceptors (Lipinski definition) is 2. The van der Waals surface area contributed by atoms with Gasteiger partial charge in [0.2, 0.25) is 0 Å². The molecule has 0 N–H and O–H groups in total. The van der Waals surface area contributed by atoms with Gasteiger partial charge in [-0.1, -0.05) is 159 Å². The fourth-order valence-corrected chi connectivity index (χ4v) is 14.9. The lowest BCUT2D eigenvalue weighted by molar-refractivity contribution is 0.194. The Bertz CT molecular complexity index is 4500. The number of hydrogen-bond donors (Lipinski definition) is 0. The molecule has 0 saturated heterocycles. The number of para-hydroxylation sites is 2. The van der Waals surface area contributed by atoms with Crippen molar-refractivity contribution >= 4 is 83.8 Å². The van der Waals surface area contributed by atoms with Gasteiger partial charge in [-0.25, -0.2) is 0 Å². The summed E-state index contributed by atoms with van der Waals surface area (Å²) in [6.07, 6.45) is 7.51. The van der Waals surface area contributed by atoms with Crippen molar-refractivity contribution < 1.29 is 26.0 Å². The predicted molar refractivity (Wildman–Crippen MR) is 279 cm³/mol. The molecule has 5 heteroatoms. The summed E-state index contributed by atoms with van der Waals surface area (Å²) in [4.78, 5) is 6.96. The Labute approximate surface area is 413 Å². The molecule has 13 rings (SSSR count). The van der Waals surface area contributed by atoms with Crippen LogP contribution in [-0.2, 0) is 5.41 Å². The van der Waals surface area contributed by atoms with Crippen molar-refractivity contribution in [2.24, 2.45) is 0 Å². The summed E-state index contributed by atoms with van der Waals surface area (Å²) >= 11 is 0. The third-order valence-electron chi connectivity index (χ3n) is 14.6. The second kappa shape index (κ2) is 14.8. The second-order valence-electron chi connectivity index (χ2n) is 17.6. The first kappa shape index (κ1) is 24.2. The molecule has 1 saturated carbocycles. The van der Waals surface area contributed by atoms with Crippen LogP contribution in [0.3, 0.4) is 0 Å². The standard InChI is InChI=1S/C61H50N4Si/c1-60-36-16-17-37-61(60,2)65(59-35-38-62-42-54(59)60)45-32-34-58-53(41-45)52-40-44(64-55-29-14-12-27-50(55)51-28-13-15-30-56(51)64)31-33-57(52)63(58)43-19-18-26-49(39-43)66(46-20-6-3-7-21-46,47-22-8-4-9-23-47)48-24-10-5-11-25-48/h3-15,18-35,38-42H,16-17,36-37H2,1-2H3/i3D,4D,5D,6D,7D,8D,9D,10D,11D,18D,19D,20D,21D,22D,23D,24D,25D,26D,39D. The van der Waals surface area contributed by atoms with Gasteiger partial charge in [-0.2, -0.15) is 0 Å². The van der Waals surface area contributed by atoms with Crippen LogP contribution >= 0.6 is 0 Å². The topological polar surface area (TPSA) is 26.0 Å². The second-order valence-corrected chi connectivity index (χ2v) is 21.1. The van der Waals surface area contributed by atoms with Crippen LogP contribution in [0.25, 0.3) is 55.0 Å². The van der Waals surface area contributed by atoms with E-state index in [1.54, 1.807) is 16.8 Å². The van der Waals surface area contributed by atoms with Gasteiger partial charge >= 0.3 is 0 Å². The Hall–Kier alpha value is -7.47. The average molecular weight is 886 g/mol. The summed E-state index contributed by atoms with van der Waals surface area (Å²) in [5, 5.41) is -0.363. The first-order chi connectivity index (χ1) is 40.4. The van der Waals surface area contributed by atoms with Crippen LogP contribution in [0.1, 0.15) is 71.1 Å². The first-order valence-corrected chi connectivity index (χ1v) is 24.0. The number of nitrogens with zero attached hydrogens (tertiary/aromatic N) is 4. The summed E-state index contributed by atoms with van der Waals surface area (Å²) in [5.74, 6) is 0. The van der Waals surface area contributed by atoms with Crippen LogP contribution in [0.2, 0.25) is 0 Å². The van der Waals surface area contributed by atoms with E-state index >= 15 is 0 Å². The molecule has 1 aliphatic heterocycles. The van der Waals surface area contributed by atoms with Gasteiger partial charge in [0.1, 0.15) is 0 Å². The predicted octanol–water partition coefficient (Wildman–Crippen LogP) is 12.4. The highest BCUT2D eigenvalue weighted by Crippen LogP contribution is 2.60. The minimum Gasteiger partial charge on any atom is -0.334 e. The van der Waals surface area contributed by atoms with E-state index in [1.165, 1.54) is 0 Å². The SMILES string of the molecule is [2H]c1c([2H])c([2H])c([Si](c2c([2H])c([2H])c([2H])c([2H])c2[2H])(c2c([2H])c([2H])c([2H])c([2H])c2[2H])c2c([2H])c([2H])c([2H])c(-n3c4ccc(N5c6ccncc6C6(C)CCCCC56C)cc4c4cc(-n5c6ccccc6c6ccccc65)ccc43)c2[2H])c([2H])c1[2H]. The highest BCUT2D eigenvalue weighted by atomic mass is 28.3. The largest absolute Gasteiger partial charge is 0.334 e. The third-order valence-corrected chi connectivity index (χ3v) is 18.6. The van der Waals surface area contributed by atoms with E-state index in [-0.39, 0.29) is 5.41 Å². The van der Waals surface area contributed by atoms with E-state index in [9.17, 15) is 13.7 Å². The smallest absolute Gasteiger partial charge is 0.179 e. The van der Waals surface area contributed by atoms with E-state index in [2.05, 4.69) is 28.3 Å². The summed E-state index contributed by atoms with van der Waals surface area (Å²) in [5.41, 5.74) is 5.04. The minimum absolute atomic E-state index is 0.294. The molecule has 2 atom stereocenters. The number of rotatable bonds is 7. The highest BCUT2D eigenvalue weighted by molar-refractivity contribution is 7.19. The van der Waals surface area contributed by atoms with Crippen molar-refractivity contribution in [3.05, 3.63) is 224 Å². The molecular weight excluding hydrogens is 817 g/mol. The van der Waals surface area contributed by atoms with E-state index < -0.39 is 155 Å². The van der Waals surface area contributed by atoms with E-state index in [0.717, 1.165) is 70.1 Å². The van der Waals surface area contributed by atoms with Crippen molar-refractivity contribution in [2.45, 2.75) is 50.5 Å². The molecule has 2 aliphatic rings. The molecule has 4 heterocycles. The number of aromatic nitrogens is 3. The minimum atomic E-state index is -6.14. The maximum Gasteiger partial charge on any atom is 0.179 e. The van der Waals surface area contributed by atoms with E-state index in [0.29, 0.717) is 21.8 Å². The molecule has 4 nitrogen and oxygen atoms in total. The molecule has 0 bridgehead atoms. The zero-order chi connectivity index (χ0) is 60.6. The van der Waals surface area contributed by atoms with Gasteiger partial charge in [0.05, 0.1) is 53.7 Å². The van der Waals surface area contributed by atoms with Gasteiger partial charge in [-0.05, 0) is 107 Å². The zero-order valence-electron chi connectivity index (χ0n) is 54.9. The molecule has 2 unspecified atom stereocenters. The lowest BCUT2D eigenvalue weighted by atomic mass is 9.62. The van der Waals surface area contributed by atoms with E-state index in [1.807, 2.05) is 91.1 Å². The Morgan fingerprint density at radius 1 is 0.500 bits per heavy atom.